The van der Waals surface area contributed by atoms with Crippen LogP contribution in [0.25, 0.3) is 0 Å². The van der Waals surface area contributed by atoms with E-state index in [1.165, 1.54) is 12.1 Å². The summed E-state index contributed by atoms with van der Waals surface area (Å²) in [5.74, 6) is 1.17. The number of nitrogens with two attached hydrogens (primary N) is 1. The summed E-state index contributed by atoms with van der Waals surface area (Å²) in [6, 6.07) is 10.5. The summed E-state index contributed by atoms with van der Waals surface area (Å²) in [6.07, 6.45) is 3.28. The van der Waals surface area contributed by atoms with E-state index in [1.807, 2.05) is 31.0 Å². The first kappa shape index (κ1) is 25.8. The summed E-state index contributed by atoms with van der Waals surface area (Å²) in [7, 11) is 1.96. The molecular formula is C23H32FIN6O. The average Bonchev–Trinajstić information content (AvgIpc) is 2.78. The van der Waals surface area contributed by atoms with Crippen molar-refractivity contribution in [2.75, 3.05) is 31.6 Å². The summed E-state index contributed by atoms with van der Waals surface area (Å²) >= 11 is 0. The highest BCUT2D eigenvalue weighted by Crippen LogP contribution is 2.25. The van der Waals surface area contributed by atoms with Crippen LogP contribution in [0.2, 0.25) is 0 Å². The Kier molecular flexibility index (Phi) is 10.1. The molecule has 174 valence electrons. The maximum atomic E-state index is 13.2. The third-order valence-electron chi connectivity index (χ3n) is 5.49. The summed E-state index contributed by atoms with van der Waals surface area (Å²) in [6.45, 7) is 5.38. The number of pyridine rings is 1. The number of carbonyl (C=O) groups is 1. The van der Waals surface area contributed by atoms with Crippen LogP contribution in [0.4, 0.5) is 10.2 Å². The van der Waals surface area contributed by atoms with Crippen molar-refractivity contribution in [3.8, 4) is 0 Å². The number of aromatic nitrogens is 1. The van der Waals surface area contributed by atoms with E-state index in [4.69, 9.17) is 10.7 Å². The first-order valence-electron chi connectivity index (χ1n) is 10.7. The second-order valence-electron chi connectivity index (χ2n) is 7.80. The number of nitrogens with one attached hydrogen (secondary N) is 1. The van der Waals surface area contributed by atoms with E-state index in [2.05, 4.69) is 15.2 Å². The zero-order chi connectivity index (χ0) is 22.2. The first-order chi connectivity index (χ1) is 15.0. The number of nitrogens with zero attached hydrogens (tertiary/aromatic N) is 4. The van der Waals surface area contributed by atoms with Gasteiger partial charge in [0.15, 0.2) is 5.96 Å². The van der Waals surface area contributed by atoms with Crippen molar-refractivity contribution < 1.29 is 9.18 Å². The van der Waals surface area contributed by atoms with Gasteiger partial charge in [-0.05, 0) is 43.5 Å². The maximum Gasteiger partial charge on any atom is 0.220 e. The van der Waals surface area contributed by atoms with Gasteiger partial charge in [-0.3, -0.25) is 4.79 Å². The lowest BCUT2D eigenvalue weighted by Crippen LogP contribution is -2.39. The number of hydrogen-bond donors (Lipinski definition) is 2. The Morgan fingerprint density at radius 2 is 1.97 bits per heavy atom. The molecule has 1 amide bonds. The van der Waals surface area contributed by atoms with Gasteiger partial charge in [-0.15, -0.1) is 24.0 Å². The molecule has 1 aliphatic heterocycles. The Morgan fingerprint density at radius 3 is 2.59 bits per heavy atom. The van der Waals surface area contributed by atoms with Gasteiger partial charge in [-0.25, -0.2) is 14.4 Å². The van der Waals surface area contributed by atoms with Crippen LogP contribution in [0.3, 0.4) is 0 Å². The molecule has 9 heteroatoms. The number of anilines is 1. The molecule has 1 aromatic heterocycles. The molecule has 0 saturated carbocycles. The molecule has 7 nitrogen and oxygen atoms in total. The Morgan fingerprint density at radius 1 is 1.28 bits per heavy atom. The zero-order valence-corrected chi connectivity index (χ0v) is 21.0. The van der Waals surface area contributed by atoms with Gasteiger partial charge in [0.2, 0.25) is 5.91 Å². The molecule has 0 radical (unpaired) electrons. The van der Waals surface area contributed by atoms with Gasteiger partial charge in [0, 0.05) is 50.9 Å². The second kappa shape index (κ2) is 12.6. The highest BCUT2D eigenvalue weighted by molar-refractivity contribution is 14.0. The Balaban J connectivity index is 0.00000363. The lowest BCUT2D eigenvalue weighted by Gasteiger charge is -2.32. The third kappa shape index (κ3) is 7.04. The molecule has 2 heterocycles. The first-order valence-corrected chi connectivity index (χ1v) is 10.7. The number of hydrogen-bond acceptors (Lipinski definition) is 4. The molecule has 0 atom stereocenters. The lowest BCUT2D eigenvalue weighted by atomic mass is 9.96. The van der Waals surface area contributed by atoms with Crippen molar-refractivity contribution in [1.82, 2.24) is 15.2 Å². The van der Waals surface area contributed by atoms with Gasteiger partial charge in [0.05, 0.1) is 6.54 Å². The van der Waals surface area contributed by atoms with E-state index >= 15 is 0 Å². The van der Waals surface area contributed by atoms with E-state index in [-0.39, 0.29) is 41.6 Å². The molecule has 0 aliphatic carbocycles. The maximum absolute atomic E-state index is 13.2. The van der Waals surface area contributed by atoms with E-state index in [0.29, 0.717) is 13.1 Å². The van der Waals surface area contributed by atoms with E-state index in [1.54, 1.807) is 18.3 Å². The van der Waals surface area contributed by atoms with E-state index in [9.17, 15) is 9.18 Å². The van der Waals surface area contributed by atoms with Gasteiger partial charge in [0.25, 0.3) is 0 Å². The fraction of sp³-hybridized carbons (Fsp3) is 0.435. The molecule has 3 N–H and O–H groups in total. The monoisotopic (exact) mass is 554 g/mol. The predicted octanol–water partition coefficient (Wildman–Crippen LogP) is 3.14. The molecule has 2 aromatic rings. The number of rotatable bonds is 7. The van der Waals surface area contributed by atoms with Crippen LogP contribution in [0.1, 0.15) is 30.9 Å². The highest BCUT2D eigenvalue weighted by atomic mass is 127. The topological polar surface area (TPSA) is 86.9 Å². The summed E-state index contributed by atoms with van der Waals surface area (Å²) in [5.41, 5.74) is 7.50. The Labute approximate surface area is 206 Å². The van der Waals surface area contributed by atoms with Gasteiger partial charge in [-0.2, -0.15) is 0 Å². The van der Waals surface area contributed by atoms with Crippen molar-refractivity contribution in [2.24, 2.45) is 16.6 Å². The Hall–Kier alpha value is -2.43. The van der Waals surface area contributed by atoms with Crippen LogP contribution in [-0.2, 0) is 17.9 Å². The fourth-order valence-electron chi connectivity index (χ4n) is 3.78. The molecule has 1 saturated heterocycles. The van der Waals surface area contributed by atoms with Crippen molar-refractivity contribution in [1.29, 1.82) is 0 Å². The quantitative estimate of drug-likeness (QED) is 0.312. The van der Waals surface area contributed by atoms with E-state index in [0.717, 1.165) is 55.4 Å². The van der Waals surface area contributed by atoms with Crippen LogP contribution in [-0.4, -0.2) is 48.4 Å². The fourth-order valence-corrected chi connectivity index (χ4v) is 3.78. The number of benzene rings is 1. The van der Waals surface area contributed by atoms with Crippen molar-refractivity contribution in [3.05, 3.63) is 59.5 Å². The van der Waals surface area contributed by atoms with Crippen molar-refractivity contribution in [2.45, 2.75) is 32.9 Å². The molecule has 0 unspecified atom stereocenters. The van der Waals surface area contributed by atoms with Crippen molar-refractivity contribution in [3.63, 3.8) is 0 Å². The lowest BCUT2D eigenvalue weighted by molar-refractivity contribution is -0.122. The zero-order valence-electron chi connectivity index (χ0n) is 18.6. The smallest absolute Gasteiger partial charge is 0.220 e. The van der Waals surface area contributed by atoms with E-state index < -0.39 is 0 Å². The number of amides is 1. The number of primary amides is 1. The standard InChI is InChI=1S/C23H31FN6O.HI/c1-3-26-23(29(2)16-17-6-8-20(24)9-7-17)28-15-19-5-4-12-27-22(19)30-13-10-18(11-14-30)21(25)31;/h4-9,12,18H,3,10-11,13-16H2,1-2H3,(H2,25,31)(H,26,28);1H. The van der Waals surface area contributed by atoms with Gasteiger partial charge >= 0.3 is 0 Å². The molecule has 0 bridgehead atoms. The molecule has 3 rings (SSSR count). The second-order valence-corrected chi connectivity index (χ2v) is 7.80. The molecular weight excluding hydrogens is 522 g/mol. The van der Waals surface area contributed by atoms with Crippen molar-refractivity contribution >= 4 is 41.7 Å². The van der Waals surface area contributed by atoms with Crippen LogP contribution >= 0.6 is 24.0 Å². The summed E-state index contributed by atoms with van der Waals surface area (Å²) in [4.78, 5) is 25.1. The van der Waals surface area contributed by atoms with Gasteiger partial charge in [0.1, 0.15) is 11.6 Å². The van der Waals surface area contributed by atoms with Gasteiger partial charge < -0.3 is 20.9 Å². The number of carbonyl (C=O) groups excluding carboxylic acids is 1. The highest BCUT2D eigenvalue weighted by Gasteiger charge is 2.25. The average molecular weight is 554 g/mol. The molecule has 1 aromatic carbocycles. The summed E-state index contributed by atoms with van der Waals surface area (Å²) in [5, 5.41) is 3.32. The molecule has 1 aliphatic rings. The number of guanidine groups is 1. The van der Waals surface area contributed by atoms with Crippen LogP contribution in [0, 0.1) is 11.7 Å². The van der Waals surface area contributed by atoms with Gasteiger partial charge in [-0.1, -0.05) is 18.2 Å². The largest absolute Gasteiger partial charge is 0.369 e. The molecule has 32 heavy (non-hydrogen) atoms. The van der Waals surface area contributed by atoms with Crippen LogP contribution < -0.4 is 16.0 Å². The molecule has 1 fully saturated rings. The molecule has 0 spiro atoms. The minimum absolute atomic E-state index is 0. The number of aliphatic imine (C=N–C) groups is 1. The number of piperidine rings is 1. The minimum Gasteiger partial charge on any atom is -0.369 e. The third-order valence-corrected chi connectivity index (χ3v) is 5.49. The van der Waals surface area contributed by atoms with Crippen LogP contribution in [0.15, 0.2) is 47.6 Å². The minimum atomic E-state index is -0.240. The van der Waals surface area contributed by atoms with Crippen LogP contribution in [0.5, 0.6) is 0 Å². The normalized spacial score (nSPS) is 14.6. The Bertz CT molecular complexity index is 900. The predicted molar refractivity (Wildman–Crippen MR) is 136 cm³/mol. The number of halogens is 2. The summed E-state index contributed by atoms with van der Waals surface area (Å²) < 4.78 is 13.2. The SMILES string of the molecule is CCNC(=NCc1cccnc1N1CCC(C(N)=O)CC1)N(C)Cc1ccc(F)cc1.I.